The molecule has 2 aromatic carbocycles. The van der Waals surface area contributed by atoms with E-state index < -0.39 is 24.3 Å². The number of carbonyl (C=O) groups is 4. The van der Waals surface area contributed by atoms with Gasteiger partial charge in [0.2, 0.25) is 5.91 Å². The van der Waals surface area contributed by atoms with Crippen LogP contribution in [0.3, 0.4) is 0 Å². The van der Waals surface area contributed by atoms with Crippen LogP contribution in [0.2, 0.25) is 0 Å². The summed E-state index contributed by atoms with van der Waals surface area (Å²) in [6.07, 6.45) is 0. The first kappa shape index (κ1) is 20.1. The summed E-state index contributed by atoms with van der Waals surface area (Å²) in [5.74, 6) is -1.42. The number of esters is 1. The number of hydrogen-bond donors (Lipinski definition) is 2. The van der Waals surface area contributed by atoms with Crippen LogP contribution < -0.4 is 15.4 Å². The largest absolute Gasteiger partial charge is 0.497 e. The molecule has 0 aliphatic carbocycles. The average molecular weight is 396 g/mol. The van der Waals surface area contributed by atoms with Gasteiger partial charge >= 0.3 is 5.97 Å². The smallest absolute Gasteiger partial charge is 0.325 e. The molecule has 3 rings (SSSR count). The lowest BCUT2D eigenvalue weighted by Crippen LogP contribution is -2.31. The van der Waals surface area contributed by atoms with Gasteiger partial charge in [-0.1, -0.05) is 0 Å². The van der Waals surface area contributed by atoms with Gasteiger partial charge in [0.15, 0.2) is 12.4 Å². The molecule has 0 radical (unpaired) electrons. The van der Waals surface area contributed by atoms with Crippen LogP contribution in [0.4, 0.5) is 5.69 Å². The highest BCUT2D eigenvalue weighted by molar-refractivity contribution is 6.05. The molecule has 0 spiro atoms. The molecule has 29 heavy (non-hydrogen) atoms. The van der Waals surface area contributed by atoms with Crippen molar-refractivity contribution >= 4 is 29.3 Å². The van der Waals surface area contributed by atoms with Crippen molar-refractivity contribution in [1.82, 2.24) is 5.32 Å². The highest BCUT2D eigenvalue weighted by Gasteiger charge is 2.27. The van der Waals surface area contributed by atoms with E-state index >= 15 is 0 Å². The predicted octanol–water partition coefficient (Wildman–Crippen LogP) is 1.91. The Kier molecular flexibility index (Phi) is 5.92. The van der Waals surface area contributed by atoms with Crippen molar-refractivity contribution in [3.05, 3.63) is 59.2 Å². The molecule has 1 atom stereocenters. The number of benzene rings is 2. The fourth-order valence-corrected chi connectivity index (χ4v) is 2.87. The number of ketones is 1. The fourth-order valence-electron chi connectivity index (χ4n) is 2.87. The first-order chi connectivity index (χ1) is 13.9. The SMILES string of the molecule is COc1ccc(C(=O)NCC(=O)OCC(=O)c2ccc3c(c2)[C@@H](C)C(=O)N3)cc1. The first-order valence-electron chi connectivity index (χ1n) is 8.95. The monoisotopic (exact) mass is 396 g/mol. The van der Waals surface area contributed by atoms with Gasteiger partial charge in [-0.3, -0.25) is 19.2 Å². The van der Waals surface area contributed by atoms with Crippen LogP contribution in [0.5, 0.6) is 5.75 Å². The minimum Gasteiger partial charge on any atom is -0.497 e. The number of fused-ring (bicyclic) bond motifs is 1. The number of hydrogen-bond acceptors (Lipinski definition) is 6. The van der Waals surface area contributed by atoms with Gasteiger partial charge in [-0.2, -0.15) is 0 Å². The minimum absolute atomic E-state index is 0.122. The van der Waals surface area contributed by atoms with Gasteiger partial charge < -0.3 is 20.1 Å². The van der Waals surface area contributed by atoms with Crippen LogP contribution in [-0.2, 0) is 14.3 Å². The van der Waals surface area contributed by atoms with E-state index in [0.29, 0.717) is 22.6 Å². The molecule has 2 N–H and O–H groups in total. The highest BCUT2D eigenvalue weighted by Crippen LogP contribution is 2.32. The van der Waals surface area contributed by atoms with Gasteiger partial charge in [0.1, 0.15) is 12.3 Å². The summed E-state index contributed by atoms with van der Waals surface area (Å²) < 4.78 is 9.96. The van der Waals surface area contributed by atoms with Crippen molar-refractivity contribution in [1.29, 1.82) is 0 Å². The molecule has 0 aromatic heterocycles. The number of ether oxygens (including phenoxy) is 2. The second-order valence-corrected chi connectivity index (χ2v) is 6.51. The summed E-state index contributed by atoms with van der Waals surface area (Å²) in [5, 5.41) is 5.16. The van der Waals surface area contributed by atoms with E-state index in [9.17, 15) is 19.2 Å². The van der Waals surface area contributed by atoms with Crippen molar-refractivity contribution < 1.29 is 28.7 Å². The molecule has 2 amide bonds. The minimum atomic E-state index is -0.730. The normalized spacial score (nSPS) is 14.6. The number of Topliss-reactive ketones (excluding diaryl/α,β-unsaturated/α-hetero) is 1. The summed E-state index contributed by atoms with van der Waals surface area (Å²) in [5.41, 5.74) is 2.13. The van der Waals surface area contributed by atoms with Crippen molar-refractivity contribution in [2.75, 3.05) is 25.6 Å². The molecule has 0 saturated heterocycles. The van der Waals surface area contributed by atoms with Gasteiger partial charge in [-0.15, -0.1) is 0 Å². The van der Waals surface area contributed by atoms with Gasteiger partial charge in [-0.05, 0) is 55.0 Å². The molecule has 0 bridgehead atoms. The second-order valence-electron chi connectivity index (χ2n) is 6.51. The Balaban J connectivity index is 1.48. The number of rotatable bonds is 7. The predicted molar refractivity (Wildman–Crippen MR) is 104 cm³/mol. The maximum Gasteiger partial charge on any atom is 0.325 e. The Hall–Kier alpha value is -3.68. The standard InChI is InChI=1S/C21H20N2O6/c1-12-16-9-14(5-8-17(16)23-20(12)26)18(24)11-29-19(25)10-22-21(27)13-3-6-15(28-2)7-4-13/h3-9,12H,10-11H2,1-2H3,(H,22,27)(H,23,26)/t12-/m1/s1. The second kappa shape index (κ2) is 8.55. The van der Waals surface area contributed by atoms with E-state index in [1.54, 1.807) is 49.4 Å². The van der Waals surface area contributed by atoms with Crippen LogP contribution >= 0.6 is 0 Å². The Morgan fingerprint density at radius 1 is 1.07 bits per heavy atom. The van der Waals surface area contributed by atoms with Gasteiger partial charge in [-0.25, -0.2) is 0 Å². The van der Waals surface area contributed by atoms with Gasteiger partial charge in [0, 0.05) is 16.8 Å². The molecular formula is C21H20N2O6. The molecule has 1 aliphatic heterocycles. The molecule has 8 heteroatoms. The number of methoxy groups -OCH3 is 1. The topological polar surface area (TPSA) is 111 Å². The number of anilines is 1. The summed E-state index contributed by atoms with van der Waals surface area (Å²) in [6.45, 7) is 0.935. The molecular weight excluding hydrogens is 376 g/mol. The van der Waals surface area contributed by atoms with Crippen molar-refractivity contribution in [3.63, 3.8) is 0 Å². The quantitative estimate of drug-likeness (QED) is 0.546. The maximum absolute atomic E-state index is 12.3. The molecule has 8 nitrogen and oxygen atoms in total. The van der Waals surface area contributed by atoms with Gasteiger partial charge in [0.05, 0.1) is 13.0 Å². The Labute approximate surface area is 167 Å². The molecule has 0 unspecified atom stereocenters. The van der Waals surface area contributed by atoms with Crippen LogP contribution in [0.15, 0.2) is 42.5 Å². The molecule has 1 aliphatic rings. The molecule has 0 fully saturated rings. The molecule has 2 aromatic rings. The number of nitrogens with one attached hydrogen (secondary N) is 2. The van der Waals surface area contributed by atoms with Crippen LogP contribution in [0, 0.1) is 0 Å². The average Bonchev–Trinajstić information content (AvgIpc) is 3.03. The highest BCUT2D eigenvalue weighted by atomic mass is 16.5. The third-order valence-electron chi connectivity index (χ3n) is 4.60. The maximum atomic E-state index is 12.3. The summed E-state index contributed by atoms with van der Waals surface area (Å²) in [4.78, 5) is 47.8. The van der Waals surface area contributed by atoms with E-state index in [1.807, 2.05) is 0 Å². The molecule has 0 saturated carbocycles. The first-order valence-corrected chi connectivity index (χ1v) is 8.95. The third-order valence-corrected chi connectivity index (χ3v) is 4.60. The van der Waals surface area contributed by atoms with Crippen molar-refractivity contribution in [2.24, 2.45) is 0 Å². The van der Waals surface area contributed by atoms with E-state index in [0.717, 1.165) is 5.56 Å². The van der Waals surface area contributed by atoms with Crippen LogP contribution in [0.25, 0.3) is 0 Å². The van der Waals surface area contributed by atoms with Crippen molar-refractivity contribution in [2.45, 2.75) is 12.8 Å². The summed E-state index contributed by atoms with van der Waals surface area (Å²) in [6, 6.07) is 11.2. The Bertz CT molecular complexity index is 968. The summed E-state index contributed by atoms with van der Waals surface area (Å²) >= 11 is 0. The lowest BCUT2D eigenvalue weighted by Gasteiger charge is -2.08. The zero-order valence-corrected chi connectivity index (χ0v) is 16.0. The zero-order chi connectivity index (χ0) is 21.0. The lowest BCUT2D eigenvalue weighted by molar-refractivity contribution is -0.141. The van der Waals surface area contributed by atoms with Crippen molar-refractivity contribution in [3.8, 4) is 5.75 Å². The van der Waals surface area contributed by atoms with Crippen LogP contribution in [-0.4, -0.2) is 43.8 Å². The number of carbonyl (C=O) groups excluding carboxylic acids is 4. The lowest BCUT2D eigenvalue weighted by atomic mass is 9.99. The zero-order valence-electron chi connectivity index (χ0n) is 16.0. The van der Waals surface area contributed by atoms with Crippen LogP contribution in [0.1, 0.15) is 39.1 Å². The third kappa shape index (κ3) is 4.60. The van der Waals surface area contributed by atoms with E-state index in [1.165, 1.54) is 7.11 Å². The Morgan fingerprint density at radius 3 is 2.45 bits per heavy atom. The van der Waals surface area contributed by atoms with Gasteiger partial charge in [0.25, 0.3) is 5.91 Å². The fraction of sp³-hybridized carbons (Fsp3) is 0.238. The van der Waals surface area contributed by atoms with E-state index in [4.69, 9.17) is 9.47 Å². The Morgan fingerprint density at radius 2 is 1.76 bits per heavy atom. The summed E-state index contributed by atoms with van der Waals surface area (Å²) in [7, 11) is 1.52. The van der Waals surface area contributed by atoms with E-state index in [2.05, 4.69) is 10.6 Å². The van der Waals surface area contributed by atoms with E-state index in [-0.39, 0.29) is 18.4 Å². The molecule has 1 heterocycles. The number of amides is 2. The molecule has 150 valence electrons.